The third-order valence-corrected chi connectivity index (χ3v) is 5.86. The van der Waals surface area contributed by atoms with E-state index in [-0.39, 0.29) is 5.73 Å². The standard InChI is InChI=1S/C20H28BFN2O2S/c1-14(2)11-24-12-15(18(23-24)16-9-10-27-13-16)7-8-17(22)21-25-19(3,4)20(5,6)26-21/h8-10,12-14H,7,11H2,1-6H3. The molecule has 4 nitrogen and oxygen atoms in total. The molecule has 3 heterocycles. The first-order valence-electron chi connectivity index (χ1n) is 9.39. The number of aromatic nitrogens is 2. The third kappa shape index (κ3) is 4.36. The molecule has 0 aromatic carbocycles. The van der Waals surface area contributed by atoms with E-state index < -0.39 is 18.3 Å². The molecule has 146 valence electrons. The highest BCUT2D eigenvalue weighted by Crippen LogP contribution is 2.38. The Morgan fingerprint density at radius 2 is 1.96 bits per heavy atom. The van der Waals surface area contributed by atoms with Gasteiger partial charge in [0.05, 0.1) is 16.9 Å². The first-order valence-corrected chi connectivity index (χ1v) is 10.3. The van der Waals surface area contributed by atoms with E-state index in [2.05, 4.69) is 19.2 Å². The van der Waals surface area contributed by atoms with E-state index in [4.69, 9.17) is 14.4 Å². The highest BCUT2D eigenvalue weighted by molar-refractivity contribution is 7.08. The van der Waals surface area contributed by atoms with Crippen molar-refractivity contribution in [1.82, 2.24) is 9.78 Å². The average Bonchev–Trinajstić information content (AvgIpc) is 3.23. The lowest BCUT2D eigenvalue weighted by Gasteiger charge is -2.32. The van der Waals surface area contributed by atoms with Gasteiger partial charge in [-0.25, -0.2) is 4.39 Å². The number of hydrogen-bond acceptors (Lipinski definition) is 4. The Kier molecular flexibility index (Phi) is 5.66. The second kappa shape index (κ2) is 7.53. The van der Waals surface area contributed by atoms with Crippen LogP contribution in [-0.2, 0) is 22.3 Å². The van der Waals surface area contributed by atoms with E-state index in [0.717, 1.165) is 23.4 Å². The van der Waals surface area contributed by atoms with Crippen molar-refractivity contribution in [3.63, 3.8) is 0 Å². The molecular weight excluding hydrogens is 362 g/mol. The zero-order valence-electron chi connectivity index (χ0n) is 17.0. The van der Waals surface area contributed by atoms with Crippen molar-refractivity contribution in [2.45, 2.75) is 65.7 Å². The number of nitrogens with zero attached hydrogens (tertiary/aromatic N) is 2. The fourth-order valence-electron chi connectivity index (χ4n) is 2.98. The molecule has 2 aromatic rings. The van der Waals surface area contributed by atoms with E-state index in [1.807, 2.05) is 50.0 Å². The van der Waals surface area contributed by atoms with E-state index in [1.54, 1.807) is 17.4 Å². The number of allylic oxidation sites excluding steroid dienone is 1. The summed E-state index contributed by atoms with van der Waals surface area (Å²) in [6.07, 6.45) is 4.01. The third-order valence-electron chi connectivity index (χ3n) is 5.18. The highest BCUT2D eigenvalue weighted by Gasteiger charge is 2.52. The van der Waals surface area contributed by atoms with Crippen molar-refractivity contribution in [1.29, 1.82) is 0 Å². The Morgan fingerprint density at radius 1 is 1.30 bits per heavy atom. The van der Waals surface area contributed by atoms with Gasteiger partial charge in [-0.15, -0.1) is 0 Å². The fourth-order valence-corrected chi connectivity index (χ4v) is 3.62. The SMILES string of the molecule is CC(C)Cn1cc(CC=C(F)B2OC(C)(C)C(C)(C)O2)c(-c2ccsc2)n1. The molecule has 1 fully saturated rings. The topological polar surface area (TPSA) is 36.3 Å². The quantitative estimate of drug-likeness (QED) is 0.629. The van der Waals surface area contributed by atoms with Crippen LogP contribution in [0, 0.1) is 5.92 Å². The van der Waals surface area contributed by atoms with Crippen LogP contribution in [0.4, 0.5) is 4.39 Å². The maximum atomic E-state index is 14.8. The van der Waals surface area contributed by atoms with Crippen LogP contribution in [0.5, 0.6) is 0 Å². The van der Waals surface area contributed by atoms with Gasteiger partial charge in [0.2, 0.25) is 0 Å². The summed E-state index contributed by atoms with van der Waals surface area (Å²) in [4.78, 5) is 0. The first-order chi connectivity index (χ1) is 12.6. The van der Waals surface area contributed by atoms with Gasteiger partial charge in [0.1, 0.15) is 5.73 Å². The molecule has 0 radical (unpaired) electrons. The van der Waals surface area contributed by atoms with Gasteiger partial charge >= 0.3 is 7.12 Å². The molecule has 1 saturated heterocycles. The minimum Gasteiger partial charge on any atom is -0.398 e. The van der Waals surface area contributed by atoms with Crippen molar-refractivity contribution in [2.75, 3.05) is 0 Å². The predicted molar refractivity (Wildman–Crippen MR) is 109 cm³/mol. The summed E-state index contributed by atoms with van der Waals surface area (Å²) < 4.78 is 28.3. The molecule has 0 saturated carbocycles. The van der Waals surface area contributed by atoms with Crippen LogP contribution < -0.4 is 0 Å². The van der Waals surface area contributed by atoms with E-state index >= 15 is 0 Å². The number of hydrogen-bond donors (Lipinski definition) is 0. The van der Waals surface area contributed by atoms with Crippen molar-refractivity contribution in [2.24, 2.45) is 5.92 Å². The largest absolute Gasteiger partial charge is 0.524 e. The van der Waals surface area contributed by atoms with Gasteiger partial charge in [0.25, 0.3) is 0 Å². The van der Waals surface area contributed by atoms with Crippen LogP contribution in [0.25, 0.3) is 11.3 Å². The fraction of sp³-hybridized carbons (Fsp3) is 0.550. The maximum absolute atomic E-state index is 14.8. The van der Waals surface area contributed by atoms with Crippen LogP contribution in [0.1, 0.15) is 47.1 Å². The summed E-state index contributed by atoms with van der Waals surface area (Å²) in [6, 6.07) is 2.05. The van der Waals surface area contributed by atoms with Crippen LogP contribution in [0.2, 0.25) is 0 Å². The Labute approximate surface area is 165 Å². The smallest absolute Gasteiger partial charge is 0.398 e. The Balaban J connectivity index is 1.81. The Hall–Kier alpha value is -1.44. The second-order valence-corrected chi connectivity index (χ2v) is 9.29. The normalized spacial score (nSPS) is 19.3. The molecule has 0 atom stereocenters. The van der Waals surface area contributed by atoms with Gasteiger partial charge in [0, 0.05) is 29.2 Å². The lowest BCUT2D eigenvalue weighted by atomic mass is 9.87. The lowest BCUT2D eigenvalue weighted by Crippen LogP contribution is -2.41. The molecule has 0 unspecified atom stereocenters. The average molecular weight is 390 g/mol. The zero-order chi connectivity index (χ0) is 19.8. The number of halogens is 1. The summed E-state index contributed by atoms with van der Waals surface area (Å²) >= 11 is 1.63. The molecule has 2 aromatic heterocycles. The lowest BCUT2D eigenvalue weighted by molar-refractivity contribution is 0.00578. The number of thiophene rings is 1. The molecule has 7 heteroatoms. The van der Waals surface area contributed by atoms with E-state index in [9.17, 15) is 4.39 Å². The predicted octanol–water partition coefficient (Wildman–Crippen LogP) is 5.29. The molecule has 27 heavy (non-hydrogen) atoms. The zero-order valence-corrected chi connectivity index (χ0v) is 17.8. The monoisotopic (exact) mass is 390 g/mol. The molecule has 1 aliphatic rings. The van der Waals surface area contributed by atoms with Crippen molar-refractivity contribution >= 4 is 18.5 Å². The summed E-state index contributed by atoms with van der Waals surface area (Å²) in [5.74, 6) is 0.491. The van der Waals surface area contributed by atoms with Crippen LogP contribution in [0.3, 0.4) is 0 Å². The van der Waals surface area contributed by atoms with E-state index in [0.29, 0.717) is 12.3 Å². The molecule has 0 aliphatic carbocycles. The molecule has 0 bridgehead atoms. The number of rotatable bonds is 6. The summed E-state index contributed by atoms with van der Waals surface area (Å²) in [5.41, 5.74) is 1.50. The van der Waals surface area contributed by atoms with Crippen molar-refractivity contribution in [3.8, 4) is 11.3 Å². The Morgan fingerprint density at radius 3 is 2.52 bits per heavy atom. The molecular formula is C20H28BFN2O2S. The summed E-state index contributed by atoms with van der Waals surface area (Å²) in [7, 11) is -0.953. The van der Waals surface area contributed by atoms with E-state index in [1.165, 1.54) is 0 Å². The maximum Gasteiger partial charge on any atom is 0.524 e. The highest BCUT2D eigenvalue weighted by atomic mass is 32.1. The minimum atomic E-state index is -0.953. The van der Waals surface area contributed by atoms with Gasteiger partial charge in [-0.05, 0) is 51.5 Å². The Bertz CT molecular complexity index is 796. The van der Waals surface area contributed by atoms with Crippen molar-refractivity contribution in [3.05, 3.63) is 40.4 Å². The van der Waals surface area contributed by atoms with Crippen LogP contribution >= 0.6 is 11.3 Å². The summed E-state index contributed by atoms with van der Waals surface area (Å²) in [6.45, 7) is 12.8. The second-order valence-electron chi connectivity index (χ2n) is 8.51. The van der Waals surface area contributed by atoms with Gasteiger partial charge in [-0.2, -0.15) is 16.4 Å². The molecule has 1 aliphatic heterocycles. The van der Waals surface area contributed by atoms with Crippen molar-refractivity contribution < 1.29 is 13.7 Å². The first kappa shape index (κ1) is 20.3. The van der Waals surface area contributed by atoms with Gasteiger partial charge in [0.15, 0.2) is 0 Å². The molecule has 0 N–H and O–H groups in total. The summed E-state index contributed by atoms with van der Waals surface area (Å²) in [5, 5.41) is 8.82. The van der Waals surface area contributed by atoms with Gasteiger partial charge < -0.3 is 9.31 Å². The molecule has 3 rings (SSSR count). The molecule has 0 amide bonds. The van der Waals surface area contributed by atoms with Crippen LogP contribution in [0.15, 0.2) is 34.8 Å². The van der Waals surface area contributed by atoms with Gasteiger partial charge in [-0.1, -0.05) is 19.9 Å². The van der Waals surface area contributed by atoms with Gasteiger partial charge in [-0.3, -0.25) is 4.68 Å². The van der Waals surface area contributed by atoms with Crippen LogP contribution in [-0.4, -0.2) is 28.1 Å². The molecule has 0 spiro atoms. The minimum absolute atomic E-state index is 0.387.